The van der Waals surface area contributed by atoms with Crippen LogP contribution in [-0.4, -0.2) is 54.1 Å². The second kappa shape index (κ2) is 10.3. The van der Waals surface area contributed by atoms with Crippen LogP contribution in [0.25, 0.3) is 10.9 Å². The normalized spacial score (nSPS) is 20.0. The number of hydrogen-bond donors (Lipinski definition) is 3. The van der Waals surface area contributed by atoms with E-state index in [0.717, 1.165) is 41.4 Å². The van der Waals surface area contributed by atoms with Crippen molar-refractivity contribution in [3.05, 3.63) is 35.8 Å². The van der Waals surface area contributed by atoms with E-state index < -0.39 is 0 Å². The van der Waals surface area contributed by atoms with Gasteiger partial charge in [-0.15, -0.1) is 0 Å². The number of aromatic nitrogens is 1. The molecular formula is C24H36FN5. The second-order valence-electron chi connectivity index (χ2n) is 8.76. The van der Waals surface area contributed by atoms with Gasteiger partial charge in [0.1, 0.15) is 5.82 Å². The third-order valence-electron chi connectivity index (χ3n) is 6.69. The molecule has 0 radical (unpaired) electrons. The van der Waals surface area contributed by atoms with Gasteiger partial charge >= 0.3 is 0 Å². The van der Waals surface area contributed by atoms with Crippen LogP contribution < -0.4 is 10.6 Å². The predicted molar refractivity (Wildman–Crippen MR) is 123 cm³/mol. The summed E-state index contributed by atoms with van der Waals surface area (Å²) >= 11 is 0. The molecule has 2 aromatic rings. The number of nitrogens with one attached hydrogen (secondary N) is 3. The molecule has 3 N–H and O–H groups in total. The van der Waals surface area contributed by atoms with E-state index in [1.165, 1.54) is 64.1 Å². The topological polar surface area (TPSA) is 55.5 Å². The predicted octanol–water partition coefficient (Wildman–Crippen LogP) is 4.20. The Balaban J connectivity index is 1.29. The molecule has 0 spiro atoms. The molecule has 2 aliphatic rings. The van der Waals surface area contributed by atoms with Gasteiger partial charge in [-0.3, -0.25) is 4.99 Å². The molecule has 164 valence electrons. The molecule has 0 atom stereocenters. The van der Waals surface area contributed by atoms with Crippen molar-refractivity contribution in [1.29, 1.82) is 0 Å². The van der Waals surface area contributed by atoms with Gasteiger partial charge in [0.05, 0.1) is 0 Å². The van der Waals surface area contributed by atoms with Gasteiger partial charge in [0.15, 0.2) is 5.96 Å². The molecule has 4 rings (SSSR count). The van der Waals surface area contributed by atoms with Crippen LogP contribution >= 0.6 is 0 Å². The Morgan fingerprint density at radius 3 is 2.73 bits per heavy atom. The smallest absolute Gasteiger partial charge is 0.191 e. The van der Waals surface area contributed by atoms with Gasteiger partial charge < -0.3 is 20.5 Å². The highest BCUT2D eigenvalue weighted by Gasteiger charge is 2.26. The highest BCUT2D eigenvalue weighted by molar-refractivity contribution is 5.83. The van der Waals surface area contributed by atoms with Gasteiger partial charge in [-0.1, -0.05) is 19.3 Å². The van der Waals surface area contributed by atoms with E-state index in [9.17, 15) is 4.39 Å². The minimum atomic E-state index is -0.193. The Morgan fingerprint density at radius 1 is 1.17 bits per heavy atom. The molecule has 30 heavy (non-hydrogen) atoms. The molecular weight excluding hydrogens is 377 g/mol. The lowest BCUT2D eigenvalue weighted by Crippen LogP contribution is -2.51. The molecule has 1 saturated heterocycles. The van der Waals surface area contributed by atoms with Crippen molar-refractivity contribution in [2.24, 2.45) is 4.99 Å². The molecule has 1 aliphatic heterocycles. The first-order valence-electron chi connectivity index (χ1n) is 11.8. The van der Waals surface area contributed by atoms with Gasteiger partial charge in [-0.25, -0.2) is 4.39 Å². The average Bonchev–Trinajstić information content (AvgIpc) is 3.17. The third kappa shape index (κ3) is 5.34. The van der Waals surface area contributed by atoms with Crippen molar-refractivity contribution in [3.63, 3.8) is 0 Å². The van der Waals surface area contributed by atoms with Crippen molar-refractivity contribution >= 4 is 16.9 Å². The Labute approximate surface area is 179 Å². The minimum absolute atomic E-state index is 0.193. The van der Waals surface area contributed by atoms with Gasteiger partial charge in [-0.05, 0) is 62.8 Å². The maximum absolute atomic E-state index is 13.6. The SMILES string of the molecule is CCNC(=NCCc1c[nH]c2ccc(F)cc12)NC1CCN(C2CCCCC2)CC1. The lowest BCUT2D eigenvalue weighted by molar-refractivity contribution is 0.119. The summed E-state index contributed by atoms with van der Waals surface area (Å²) in [5, 5.41) is 8.00. The largest absolute Gasteiger partial charge is 0.361 e. The molecule has 1 aromatic carbocycles. The number of rotatable bonds is 6. The highest BCUT2D eigenvalue weighted by atomic mass is 19.1. The van der Waals surface area contributed by atoms with Crippen LogP contribution in [0.3, 0.4) is 0 Å². The van der Waals surface area contributed by atoms with Crippen molar-refractivity contribution in [2.45, 2.75) is 70.4 Å². The molecule has 1 aromatic heterocycles. The van der Waals surface area contributed by atoms with E-state index >= 15 is 0 Å². The first-order chi connectivity index (χ1) is 14.7. The Morgan fingerprint density at radius 2 is 1.97 bits per heavy atom. The molecule has 2 fully saturated rings. The number of nitrogens with zero attached hydrogens (tertiary/aromatic N) is 2. The van der Waals surface area contributed by atoms with E-state index in [1.807, 2.05) is 6.20 Å². The number of benzene rings is 1. The van der Waals surface area contributed by atoms with Gasteiger partial charge in [-0.2, -0.15) is 0 Å². The first-order valence-corrected chi connectivity index (χ1v) is 11.8. The summed E-state index contributed by atoms with van der Waals surface area (Å²) in [7, 11) is 0. The summed E-state index contributed by atoms with van der Waals surface area (Å²) in [6.45, 7) is 6.03. The lowest BCUT2D eigenvalue weighted by atomic mass is 9.92. The summed E-state index contributed by atoms with van der Waals surface area (Å²) in [5.74, 6) is 0.709. The fourth-order valence-corrected chi connectivity index (χ4v) is 5.01. The van der Waals surface area contributed by atoms with Crippen LogP contribution in [0.4, 0.5) is 4.39 Å². The fourth-order valence-electron chi connectivity index (χ4n) is 5.01. The maximum Gasteiger partial charge on any atom is 0.191 e. The zero-order valence-electron chi connectivity index (χ0n) is 18.2. The highest BCUT2D eigenvalue weighted by Crippen LogP contribution is 2.25. The molecule has 5 nitrogen and oxygen atoms in total. The number of likely N-dealkylation sites (tertiary alicyclic amines) is 1. The Bertz CT molecular complexity index is 831. The van der Waals surface area contributed by atoms with Crippen LogP contribution in [0.5, 0.6) is 0 Å². The fraction of sp³-hybridized carbons (Fsp3) is 0.625. The van der Waals surface area contributed by atoms with Gasteiger partial charge in [0.25, 0.3) is 0 Å². The van der Waals surface area contributed by atoms with Crippen LogP contribution in [0, 0.1) is 5.82 Å². The van der Waals surface area contributed by atoms with E-state index in [0.29, 0.717) is 12.6 Å². The van der Waals surface area contributed by atoms with Crippen LogP contribution in [-0.2, 0) is 6.42 Å². The van der Waals surface area contributed by atoms with Crippen molar-refractivity contribution in [2.75, 3.05) is 26.2 Å². The number of piperidine rings is 1. The molecule has 0 amide bonds. The zero-order valence-corrected chi connectivity index (χ0v) is 18.2. The van der Waals surface area contributed by atoms with E-state index in [-0.39, 0.29) is 5.82 Å². The van der Waals surface area contributed by atoms with Crippen molar-refractivity contribution in [1.82, 2.24) is 20.5 Å². The Kier molecular flexibility index (Phi) is 7.26. The van der Waals surface area contributed by atoms with E-state index in [2.05, 4.69) is 27.4 Å². The zero-order chi connectivity index (χ0) is 20.8. The van der Waals surface area contributed by atoms with Crippen LogP contribution in [0.2, 0.25) is 0 Å². The molecule has 0 bridgehead atoms. The van der Waals surface area contributed by atoms with Gasteiger partial charge in [0, 0.05) is 55.4 Å². The quantitative estimate of drug-likeness (QED) is 0.491. The summed E-state index contributed by atoms with van der Waals surface area (Å²) < 4.78 is 13.6. The van der Waals surface area contributed by atoms with E-state index in [1.54, 1.807) is 12.1 Å². The summed E-state index contributed by atoms with van der Waals surface area (Å²) in [4.78, 5) is 10.7. The number of fused-ring (bicyclic) bond motifs is 1. The maximum atomic E-state index is 13.6. The second-order valence-corrected chi connectivity index (χ2v) is 8.76. The average molecular weight is 414 g/mol. The van der Waals surface area contributed by atoms with E-state index in [4.69, 9.17) is 4.99 Å². The number of hydrogen-bond acceptors (Lipinski definition) is 2. The molecule has 6 heteroatoms. The minimum Gasteiger partial charge on any atom is -0.361 e. The number of aromatic amines is 1. The monoisotopic (exact) mass is 413 g/mol. The molecule has 2 heterocycles. The number of guanidine groups is 1. The number of halogens is 1. The summed E-state index contributed by atoms with van der Waals surface area (Å²) in [5.41, 5.74) is 2.09. The van der Waals surface area contributed by atoms with Gasteiger partial charge in [0.2, 0.25) is 0 Å². The van der Waals surface area contributed by atoms with Crippen molar-refractivity contribution < 1.29 is 4.39 Å². The number of aliphatic imine (C=N–C) groups is 1. The summed E-state index contributed by atoms with van der Waals surface area (Å²) in [6, 6.07) is 6.21. The third-order valence-corrected chi connectivity index (χ3v) is 6.69. The van der Waals surface area contributed by atoms with Crippen LogP contribution in [0.1, 0.15) is 57.4 Å². The van der Waals surface area contributed by atoms with Crippen molar-refractivity contribution in [3.8, 4) is 0 Å². The molecule has 1 aliphatic carbocycles. The molecule has 1 saturated carbocycles. The first kappa shape index (κ1) is 21.2. The number of H-pyrrole nitrogens is 1. The summed E-state index contributed by atoms with van der Waals surface area (Å²) in [6.07, 6.45) is 12.1. The standard InChI is InChI=1S/C24H36FN5/c1-2-26-24(27-13-10-18-17-28-23-9-8-19(25)16-22(18)23)29-20-11-14-30(15-12-20)21-6-4-3-5-7-21/h8-9,16-17,20-21,28H,2-7,10-15H2,1H3,(H2,26,27,29). The lowest BCUT2D eigenvalue weighted by Gasteiger charge is -2.39. The van der Waals surface area contributed by atoms with Crippen LogP contribution in [0.15, 0.2) is 29.4 Å². The Hall–Kier alpha value is -2.08. The molecule has 0 unspecified atom stereocenters.